The lowest BCUT2D eigenvalue weighted by molar-refractivity contribution is 0.0671. The van der Waals surface area contributed by atoms with E-state index in [-0.39, 0.29) is 42.3 Å². The zero-order chi connectivity index (χ0) is 19.5. The van der Waals surface area contributed by atoms with Crippen LogP contribution in [0.3, 0.4) is 0 Å². The molecular weight excluding hydrogens is 479 g/mol. The molecule has 0 saturated heterocycles. The SMILES string of the molecule is CCNC(=NCc1nccn1C(F)F)NCC(C)COCc1ccccc1.I. The fraction of sp³-hybridized carbons (Fsp3) is 0.474. The van der Waals surface area contributed by atoms with Crippen LogP contribution in [-0.2, 0) is 17.9 Å². The van der Waals surface area contributed by atoms with Crippen LogP contribution in [0.2, 0.25) is 0 Å². The van der Waals surface area contributed by atoms with Crippen LogP contribution in [0.25, 0.3) is 0 Å². The highest BCUT2D eigenvalue weighted by Crippen LogP contribution is 2.12. The van der Waals surface area contributed by atoms with Crippen molar-refractivity contribution in [3.63, 3.8) is 0 Å². The molecule has 0 saturated carbocycles. The molecule has 2 rings (SSSR count). The summed E-state index contributed by atoms with van der Waals surface area (Å²) in [5.74, 6) is 1.05. The molecule has 2 aromatic rings. The minimum Gasteiger partial charge on any atom is -0.376 e. The summed E-state index contributed by atoms with van der Waals surface area (Å²) < 4.78 is 32.3. The third-order valence-corrected chi connectivity index (χ3v) is 3.81. The lowest BCUT2D eigenvalue weighted by Crippen LogP contribution is -2.40. The molecule has 28 heavy (non-hydrogen) atoms. The fourth-order valence-corrected chi connectivity index (χ4v) is 2.42. The molecule has 0 aliphatic carbocycles. The Balaban J connectivity index is 0.00000392. The minimum atomic E-state index is -2.62. The van der Waals surface area contributed by atoms with Crippen LogP contribution in [0.5, 0.6) is 0 Å². The first-order valence-corrected chi connectivity index (χ1v) is 9.03. The first-order valence-electron chi connectivity index (χ1n) is 9.03. The summed E-state index contributed by atoms with van der Waals surface area (Å²) >= 11 is 0. The molecule has 1 aromatic heterocycles. The van der Waals surface area contributed by atoms with E-state index in [1.807, 2.05) is 37.3 Å². The molecule has 0 spiro atoms. The predicted molar refractivity (Wildman–Crippen MR) is 117 cm³/mol. The number of hydrogen-bond donors (Lipinski definition) is 2. The van der Waals surface area contributed by atoms with Gasteiger partial charge in [-0.1, -0.05) is 37.3 Å². The number of imidazole rings is 1. The molecule has 156 valence electrons. The van der Waals surface area contributed by atoms with Crippen LogP contribution in [-0.4, -0.2) is 35.2 Å². The number of nitrogens with zero attached hydrogens (tertiary/aromatic N) is 3. The molecule has 0 bridgehead atoms. The lowest BCUT2D eigenvalue weighted by Gasteiger charge is -2.16. The molecule has 9 heteroatoms. The number of halogens is 3. The molecule has 1 unspecified atom stereocenters. The standard InChI is InChI=1S/C19H27F2N5O.HI/c1-3-22-19(25-12-17-23-9-10-26(17)18(20)21)24-11-15(2)13-27-14-16-7-5-4-6-8-16;/h4-10,15,18H,3,11-14H2,1-2H3,(H2,22,24,25);1H. The average molecular weight is 507 g/mol. The van der Waals surface area contributed by atoms with Gasteiger partial charge in [0.2, 0.25) is 0 Å². The van der Waals surface area contributed by atoms with E-state index in [0.717, 1.165) is 10.1 Å². The van der Waals surface area contributed by atoms with E-state index < -0.39 is 6.55 Å². The van der Waals surface area contributed by atoms with Crippen LogP contribution >= 0.6 is 24.0 Å². The van der Waals surface area contributed by atoms with Gasteiger partial charge in [0.15, 0.2) is 5.96 Å². The molecule has 1 heterocycles. The molecule has 0 aliphatic heterocycles. The van der Waals surface area contributed by atoms with Gasteiger partial charge in [-0.2, -0.15) is 8.78 Å². The maximum atomic E-state index is 12.9. The van der Waals surface area contributed by atoms with E-state index in [1.54, 1.807) is 0 Å². The molecule has 0 radical (unpaired) electrons. The molecule has 6 nitrogen and oxygen atoms in total. The van der Waals surface area contributed by atoms with E-state index in [9.17, 15) is 8.78 Å². The van der Waals surface area contributed by atoms with Gasteiger partial charge in [0.25, 0.3) is 0 Å². The van der Waals surface area contributed by atoms with Crippen molar-refractivity contribution in [1.29, 1.82) is 0 Å². The van der Waals surface area contributed by atoms with Gasteiger partial charge in [-0.05, 0) is 18.4 Å². The second kappa shape index (κ2) is 13.4. The van der Waals surface area contributed by atoms with Crippen molar-refractivity contribution >= 4 is 29.9 Å². The summed E-state index contributed by atoms with van der Waals surface area (Å²) in [6, 6.07) is 10.0. The van der Waals surface area contributed by atoms with E-state index in [2.05, 4.69) is 27.5 Å². The highest BCUT2D eigenvalue weighted by molar-refractivity contribution is 14.0. The van der Waals surface area contributed by atoms with Crippen LogP contribution in [0.15, 0.2) is 47.7 Å². The summed E-state index contributed by atoms with van der Waals surface area (Å²) in [4.78, 5) is 8.27. The molecule has 0 amide bonds. The average Bonchev–Trinajstić information content (AvgIpc) is 3.14. The van der Waals surface area contributed by atoms with Crippen molar-refractivity contribution in [2.75, 3.05) is 19.7 Å². The van der Waals surface area contributed by atoms with E-state index in [4.69, 9.17) is 4.74 Å². The third kappa shape index (κ3) is 8.51. The summed E-state index contributed by atoms with van der Waals surface area (Å²) in [5, 5.41) is 6.32. The summed E-state index contributed by atoms with van der Waals surface area (Å²) in [6.07, 6.45) is 2.60. The summed E-state index contributed by atoms with van der Waals surface area (Å²) in [6.45, 7) is 4.00. The quantitative estimate of drug-likeness (QED) is 0.292. The van der Waals surface area contributed by atoms with Crippen molar-refractivity contribution in [3.8, 4) is 0 Å². The molecule has 2 N–H and O–H groups in total. The van der Waals surface area contributed by atoms with Gasteiger partial charge in [0.1, 0.15) is 12.4 Å². The zero-order valence-corrected chi connectivity index (χ0v) is 18.5. The first-order chi connectivity index (χ1) is 13.1. The third-order valence-electron chi connectivity index (χ3n) is 3.81. The van der Waals surface area contributed by atoms with Gasteiger partial charge in [0.05, 0.1) is 13.2 Å². The number of nitrogens with one attached hydrogen (secondary N) is 2. The Morgan fingerprint density at radius 1 is 1.25 bits per heavy atom. The normalized spacial score (nSPS) is 12.5. The zero-order valence-electron chi connectivity index (χ0n) is 16.1. The highest BCUT2D eigenvalue weighted by Gasteiger charge is 2.11. The highest BCUT2D eigenvalue weighted by atomic mass is 127. The van der Waals surface area contributed by atoms with Crippen LogP contribution in [0.1, 0.15) is 31.8 Å². The number of guanidine groups is 1. The Kier molecular flexibility index (Phi) is 11.7. The summed E-state index contributed by atoms with van der Waals surface area (Å²) in [7, 11) is 0. The Hall–Kier alpha value is -1.75. The van der Waals surface area contributed by atoms with Crippen LogP contribution < -0.4 is 10.6 Å². The number of ether oxygens (including phenoxy) is 1. The van der Waals surface area contributed by atoms with Crippen LogP contribution in [0.4, 0.5) is 8.78 Å². The number of aromatic nitrogens is 2. The van der Waals surface area contributed by atoms with Gasteiger partial charge < -0.3 is 15.4 Å². The van der Waals surface area contributed by atoms with Gasteiger partial charge in [-0.3, -0.25) is 4.57 Å². The minimum absolute atomic E-state index is 0. The maximum absolute atomic E-state index is 12.9. The topological polar surface area (TPSA) is 63.5 Å². The number of hydrogen-bond acceptors (Lipinski definition) is 3. The largest absolute Gasteiger partial charge is 0.376 e. The van der Waals surface area contributed by atoms with Crippen molar-refractivity contribution in [1.82, 2.24) is 20.2 Å². The molecule has 1 aromatic carbocycles. The van der Waals surface area contributed by atoms with Gasteiger partial charge >= 0.3 is 6.55 Å². The Labute approximate surface area is 181 Å². The second-order valence-electron chi connectivity index (χ2n) is 6.21. The van der Waals surface area contributed by atoms with Crippen molar-refractivity contribution in [3.05, 3.63) is 54.1 Å². The van der Waals surface area contributed by atoms with Gasteiger partial charge in [-0.15, -0.1) is 24.0 Å². The fourth-order valence-electron chi connectivity index (χ4n) is 2.42. The first kappa shape index (κ1) is 24.3. The molecule has 0 fully saturated rings. The van der Waals surface area contributed by atoms with E-state index in [1.165, 1.54) is 12.4 Å². The predicted octanol–water partition coefficient (Wildman–Crippen LogP) is 3.80. The smallest absolute Gasteiger partial charge is 0.319 e. The van der Waals surface area contributed by atoms with Gasteiger partial charge in [-0.25, -0.2) is 9.98 Å². The van der Waals surface area contributed by atoms with E-state index >= 15 is 0 Å². The number of benzene rings is 1. The lowest BCUT2D eigenvalue weighted by atomic mass is 10.2. The molecule has 1 atom stereocenters. The number of aliphatic imine (C=N–C) groups is 1. The van der Waals surface area contributed by atoms with Crippen molar-refractivity contribution in [2.24, 2.45) is 10.9 Å². The van der Waals surface area contributed by atoms with Gasteiger partial charge in [0, 0.05) is 25.5 Å². The monoisotopic (exact) mass is 507 g/mol. The van der Waals surface area contributed by atoms with E-state index in [0.29, 0.717) is 32.3 Å². The molecular formula is C19H28F2IN5O. The number of alkyl halides is 2. The Bertz CT molecular complexity index is 697. The number of rotatable bonds is 10. The molecule has 0 aliphatic rings. The second-order valence-corrected chi connectivity index (χ2v) is 6.21. The van der Waals surface area contributed by atoms with Crippen molar-refractivity contribution < 1.29 is 13.5 Å². The van der Waals surface area contributed by atoms with Crippen LogP contribution in [0, 0.1) is 5.92 Å². The maximum Gasteiger partial charge on any atom is 0.319 e. The van der Waals surface area contributed by atoms with Crippen molar-refractivity contribution in [2.45, 2.75) is 33.5 Å². The Morgan fingerprint density at radius 3 is 2.68 bits per heavy atom. The Morgan fingerprint density at radius 2 is 2.00 bits per heavy atom. The summed E-state index contributed by atoms with van der Waals surface area (Å²) in [5.41, 5.74) is 1.14.